The molecule has 0 unspecified atom stereocenters. The summed E-state index contributed by atoms with van der Waals surface area (Å²) in [7, 11) is 1.76. The molecule has 3 aromatic rings. The maximum absolute atomic E-state index is 10.1. The summed E-state index contributed by atoms with van der Waals surface area (Å²) < 4.78 is 6.06. The molecule has 0 amide bonds. The SMILES string of the molecule is C/N=C\c1cc(-c2ccnc(Nc3cc(C)ccc3OCCNC3CC3)n2)cc2c1NC[C@]2(C)CO. The number of rotatable bonds is 10. The number of nitrogens with zero attached hydrogens (tertiary/aromatic N) is 3. The Bertz CT molecular complexity index is 1270. The zero-order valence-electron chi connectivity index (χ0n) is 21.1. The first-order valence-corrected chi connectivity index (χ1v) is 12.5. The van der Waals surface area contributed by atoms with Gasteiger partial charge in [-0.1, -0.05) is 13.0 Å². The highest BCUT2D eigenvalue weighted by Gasteiger charge is 2.35. The summed E-state index contributed by atoms with van der Waals surface area (Å²) in [5.41, 5.74) is 6.40. The Morgan fingerprint density at radius 3 is 2.89 bits per heavy atom. The van der Waals surface area contributed by atoms with Crippen molar-refractivity contribution in [3.05, 3.63) is 59.3 Å². The lowest BCUT2D eigenvalue weighted by Gasteiger charge is -2.21. The van der Waals surface area contributed by atoms with Crippen LogP contribution in [0.1, 0.15) is 36.5 Å². The molecule has 2 aromatic carbocycles. The molecule has 1 aliphatic carbocycles. The van der Waals surface area contributed by atoms with E-state index in [4.69, 9.17) is 9.72 Å². The summed E-state index contributed by atoms with van der Waals surface area (Å²) >= 11 is 0. The van der Waals surface area contributed by atoms with Crippen LogP contribution < -0.4 is 20.7 Å². The van der Waals surface area contributed by atoms with Gasteiger partial charge < -0.3 is 25.8 Å². The first-order valence-electron chi connectivity index (χ1n) is 12.5. The fourth-order valence-corrected chi connectivity index (χ4v) is 4.53. The monoisotopic (exact) mass is 486 g/mol. The van der Waals surface area contributed by atoms with Crippen LogP contribution in [0.2, 0.25) is 0 Å². The predicted octanol–water partition coefficient (Wildman–Crippen LogP) is 4.05. The number of aliphatic hydroxyl groups is 1. The zero-order valence-corrected chi connectivity index (χ0v) is 21.1. The van der Waals surface area contributed by atoms with Gasteiger partial charge >= 0.3 is 0 Å². The van der Waals surface area contributed by atoms with E-state index >= 15 is 0 Å². The molecule has 0 radical (unpaired) electrons. The number of aromatic nitrogens is 2. The molecule has 1 atom stereocenters. The van der Waals surface area contributed by atoms with E-state index in [2.05, 4.69) is 51.9 Å². The van der Waals surface area contributed by atoms with Gasteiger partial charge in [0.1, 0.15) is 12.4 Å². The van der Waals surface area contributed by atoms with E-state index in [0.717, 1.165) is 51.6 Å². The molecular formula is C28H34N6O2. The van der Waals surface area contributed by atoms with Gasteiger partial charge in [-0.3, -0.25) is 4.99 Å². The average molecular weight is 487 g/mol. The Hall–Kier alpha value is -3.49. The number of nitrogens with one attached hydrogen (secondary N) is 3. The number of fused-ring (bicyclic) bond motifs is 1. The summed E-state index contributed by atoms with van der Waals surface area (Å²) in [6.45, 7) is 6.28. The third-order valence-corrected chi connectivity index (χ3v) is 6.79. The van der Waals surface area contributed by atoms with E-state index in [9.17, 15) is 5.11 Å². The fraction of sp³-hybridized carbons (Fsp3) is 0.393. The smallest absolute Gasteiger partial charge is 0.227 e. The second-order valence-corrected chi connectivity index (χ2v) is 9.91. The molecule has 2 aliphatic rings. The van der Waals surface area contributed by atoms with Gasteiger partial charge in [-0.2, -0.15) is 0 Å². The molecule has 188 valence electrons. The van der Waals surface area contributed by atoms with Gasteiger partial charge in [-0.05, 0) is 61.2 Å². The molecule has 4 N–H and O–H groups in total. The van der Waals surface area contributed by atoms with Crippen molar-refractivity contribution in [3.8, 4) is 17.0 Å². The molecule has 0 spiro atoms. The van der Waals surface area contributed by atoms with Crippen LogP contribution in [0.4, 0.5) is 17.3 Å². The van der Waals surface area contributed by atoms with Crippen molar-refractivity contribution in [1.82, 2.24) is 15.3 Å². The molecular weight excluding hydrogens is 452 g/mol. The van der Waals surface area contributed by atoms with Crippen molar-refractivity contribution < 1.29 is 9.84 Å². The fourth-order valence-electron chi connectivity index (χ4n) is 4.53. The van der Waals surface area contributed by atoms with Crippen LogP contribution in [0.3, 0.4) is 0 Å². The first kappa shape index (κ1) is 24.2. The number of anilines is 3. The second-order valence-electron chi connectivity index (χ2n) is 9.91. The van der Waals surface area contributed by atoms with E-state index in [0.29, 0.717) is 25.1 Å². The maximum Gasteiger partial charge on any atom is 0.227 e. The summed E-state index contributed by atoms with van der Waals surface area (Å²) in [4.78, 5) is 13.5. The highest BCUT2D eigenvalue weighted by molar-refractivity contribution is 5.93. The van der Waals surface area contributed by atoms with Gasteiger partial charge in [0.15, 0.2) is 0 Å². The molecule has 0 bridgehead atoms. The second kappa shape index (κ2) is 10.2. The summed E-state index contributed by atoms with van der Waals surface area (Å²) in [5, 5.41) is 20.4. The highest BCUT2D eigenvalue weighted by atomic mass is 16.5. The van der Waals surface area contributed by atoms with Crippen LogP contribution in [0, 0.1) is 6.92 Å². The number of aliphatic hydroxyl groups excluding tert-OH is 1. The molecule has 2 heterocycles. The van der Waals surface area contributed by atoms with Gasteiger partial charge in [0.2, 0.25) is 5.95 Å². The standard InChI is InChI=1S/C28H34N6O2/c1-18-4-7-25(36-11-10-30-21-5-6-21)24(12-18)34-27-31-9-8-23(33-27)19-13-20(15-29-3)26-22(14-19)28(2,17-35)16-32-26/h4,7-9,12-15,21,30,32,35H,5-6,10-11,16-17H2,1-3H3,(H,31,33,34)/b29-15-/t28-/m1/s1. The van der Waals surface area contributed by atoms with Crippen molar-refractivity contribution >= 4 is 23.5 Å². The Morgan fingerprint density at radius 2 is 2.11 bits per heavy atom. The number of aliphatic imine (C=N–C) groups is 1. The topological polar surface area (TPSA) is 104 Å². The van der Waals surface area contributed by atoms with Gasteiger partial charge in [0, 0.05) is 60.8 Å². The number of ether oxygens (including phenoxy) is 1. The maximum atomic E-state index is 10.1. The molecule has 0 saturated heterocycles. The molecule has 1 fully saturated rings. The van der Waals surface area contributed by atoms with Gasteiger partial charge in [0.05, 0.1) is 18.0 Å². The van der Waals surface area contributed by atoms with Crippen molar-refractivity contribution in [2.24, 2.45) is 4.99 Å². The lowest BCUT2D eigenvalue weighted by atomic mass is 9.83. The largest absolute Gasteiger partial charge is 0.490 e. The van der Waals surface area contributed by atoms with Crippen molar-refractivity contribution in [3.63, 3.8) is 0 Å². The van der Waals surface area contributed by atoms with Gasteiger partial charge in [-0.25, -0.2) is 9.97 Å². The lowest BCUT2D eigenvalue weighted by Crippen LogP contribution is -2.28. The third-order valence-electron chi connectivity index (χ3n) is 6.79. The van der Waals surface area contributed by atoms with E-state index < -0.39 is 0 Å². The highest BCUT2D eigenvalue weighted by Crippen LogP contribution is 2.41. The molecule has 1 aliphatic heterocycles. The van der Waals surface area contributed by atoms with E-state index in [1.165, 1.54) is 12.8 Å². The van der Waals surface area contributed by atoms with Crippen LogP contribution in [0.15, 0.2) is 47.6 Å². The Labute approximate surface area is 212 Å². The minimum Gasteiger partial charge on any atom is -0.490 e. The summed E-state index contributed by atoms with van der Waals surface area (Å²) in [5.74, 6) is 1.27. The summed E-state index contributed by atoms with van der Waals surface area (Å²) in [6.07, 6.45) is 6.12. The molecule has 5 rings (SSSR count). The first-order chi connectivity index (χ1) is 17.5. The number of hydrogen-bond donors (Lipinski definition) is 4. The molecule has 1 saturated carbocycles. The van der Waals surface area contributed by atoms with Gasteiger partial charge in [0.25, 0.3) is 0 Å². The minimum absolute atomic E-state index is 0.0576. The quantitative estimate of drug-likeness (QED) is 0.253. The molecule has 8 nitrogen and oxygen atoms in total. The number of hydrogen-bond acceptors (Lipinski definition) is 8. The predicted molar refractivity (Wildman–Crippen MR) is 145 cm³/mol. The van der Waals surface area contributed by atoms with Crippen LogP contribution >= 0.6 is 0 Å². The van der Waals surface area contributed by atoms with Crippen LogP contribution in [0.5, 0.6) is 5.75 Å². The van der Waals surface area contributed by atoms with Gasteiger partial charge in [-0.15, -0.1) is 0 Å². The van der Waals surface area contributed by atoms with Crippen molar-refractivity contribution in [1.29, 1.82) is 0 Å². The molecule has 1 aromatic heterocycles. The van der Waals surface area contributed by atoms with Crippen LogP contribution in [-0.4, -0.2) is 60.7 Å². The normalized spacial score (nSPS) is 18.8. The molecule has 36 heavy (non-hydrogen) atoms. The average Bonchev–Trinajstić information content (AvgIpc) is 3.65. The Balaban J connectivity index is 1.41. The van der Waals surface area contributed by atoms with E-state index in [1.807, 2.05) is 30.5 Å². The van der Waals surface area contributed by atoms with E-state index in [1.54, 1.807) is 13.2 Å². The Kier molecular flexibility index (Phi) is 6.89. The molecule has 8 heteroatoms. The lowest BCUT2D eigenvalue weighted by molar-refractivity contribution is 0.219. The zero-order chi connectivity index (χ0) is 25.1. The Morgan fingerprint density at radius 1 is 1.25 bits per heavy atom. The van der Waals surface area contributed by atoms with Crippen molar-refractivity contribution in [2.45, 2.75) is 38.1 Å². The van der Waals surface area contributed by atoms with Crippen LogP contribution in [-0.2, 0) is 5.41 Å². The third kappa shape index (κ3) is 5.20. The van der Waals surface area contributed by atoms with Crippen molar-refractivity contribution in [2.75, 3.05) is 44.0 Å². The van der Waals surface area contributed by atoms with E-state index in [-0.39, 0.29) is 12.0 Å². The minimum atomic E-state index is -0.363. The number of benzene rings is 2. The number of aryl methyl sites for hydroxylation is 1. The van der Waals surface area contributed by atoms with Crippen LogP contribution in [0.25, 0.3) is 11.3 Å². The summed E-state index contributed by atoms with van der Waals surface area (Å²) in [6, 6.07) is 12.8.